The number of phenolic OH excluding ortho intramolecular Hbond substituents is 1. The minimum Gasteiger partial charge on any atom is -0.507 e. The summed E-state index contributed by atoms with van der Waals surface area (Å²) < 4.78 is 0.738. The lowest BCUT2D eigenvalue weighted by Crippen LogP contribution is -2.37. The normalized spacial score (nSPS) is 17.4. The van der Waals surface area contributed by atoms with Gasteiger partial charge in [0.1, 0.15) is 5.75 Å². The molecule has 19 heavy (non-hydrogen) atoms. The average Bonchev–Trinajstić information content (AvgIpc) is 2.89. The number of phenols is 1. The van der Waals surface area contributed by atoms with E-state index in [9.17, 15) is 9.90 Å². The molecule has 0 aliphatic heterocycles. The Kier molecular flexibility index (Phi) is 4.95. The molecular formula is C14H17ClINO2. The Hall–Kier alpha value is -0.490. The molecule has 5 heteroatoms. The monoisotopic (exact) mass is 393 g/mol. The van der Waals surface area contributed by atoms with Gasteiger partial charge in [-0.25, -0.2) is 0 Å². The molecule has 0 unspecified atom stereocenters. The standard InChI is InChI=1S/C14H17ClINO2/c15-8-14(5-1-2-6-14)9-17-13(19)10-3-4-11(16)12(18)7-10/h3-4,7,18H,1-2,5-6,8-9H2,(H,17,19). The van der Waals surface area contributed by atoms with Gasteiger partial charge < -0.3 is 10.4 Å². The van der Waals surface area contributed by atoms with Gasteiger partial charge in [0.2, 0.25) is 0 Å². The molecule has 0 aromatic heterocycles. The molecule has 1 amide bonds. The number of nitrogens with one attached hydrogen (secondary N) is 1. The summed E-state index contributed by atoms with van der Waals surface area (Å²) >= 11 is 8.07. The van der Waals surface area contributed by atoms with E-state index in [1.807, 2.05) is 22.6 Å². The van der Waals surface area contributed by atoms with Gasteiger partial charge in [0.15, 0.2) is 0 Å². The van der Waals surface area contributed by atoms with Crippen molar-refractivity contribution in [2.45, 2.75) is 25.7 Å². The van der Waals surface area contributed by atoms with Crippen LogP contribution in [0.3, 0.4) is 0 Å². The van der Waals surface area contributed by atoms with Crippen LogP contribution in [0.5, 0.6) is 5.75 Å². The maximum absolute atomic E-state index is 12.1. The molecule has 104 valence electrons. The zero-order valence-corrected chi connectivity index (χ0v) is 13.5. The van der Waals surface area contributed by atoms with Crippen LogP contribution >= 0.6 is 34.2 Å². The van der Waals surface area contributed by atoms with Crippen molar-refractivity contribution in [1.29, 1.82) is 0 Å². The van der Waals surface area contributed by atoms with Gasteiger partial charge in [0.25, 0.3) is 5.91 Å². The molecule has 2 rings (SSSR count). The molecule has 1 saturated carbocycles. The number of amides is 1. The average molecular weight is 394 g/mol. The number of rotatable bonds is 4. The first-order valence-corrected chi connectivity index (χ1v) is 8.00. The maximum atomic E-state index is 12.1. The third-order valence-electron chi connectivity index (χ3n) is 3.78. The van der Waals surface area contributed by atoms with Crippen LogP contribution in [0, 0.1) is 8.99 Å². The first kappa shape index (κ1) is 14.9. The Labute approximate surface area is 131 Å². The van der Waals surface area contributed by atoms with Gasteiger partial charge in [0.05, 0.1) is 3.57 Å². The highest BCUT2D eigenvalue weighted by Crippen LogP contribution is 2.38. The molecule has 0 spiro atoms. The van der Waals surface area contributed by atoms with Gasteiger partial charge in [0, 0.05) is 23.4 Å². The molecule has 0 heterocycles. The highest BCUT2D eigenvalue weighted by molar-refractivity contribution is 14.1. The number of aromatic hydroxyl groups is 1. The van der Waals surface area contributed by atoms with E-state index >= 15 is 0 Å². The lowest BCUT2D eigenvalue weighted by molar-refractivity contribution is 0.0934. The summed E-state index contributed by atoms with van der Waals surface area (Å²) in [5.41, 5.74) is 0.545. The van der Waals surface area contributed by atoms with Crippen LogP contribution in [0.1, 0.15) is 36.0 Å². The van der Waals surface area contributed by atoms with Crippen molar-refractivity contribution in [1.82, 2.24) is 5.32 Å². The van der Waals surface area contributed by atoms with Crippen molar-refractivity contribution in [3.63, 3.8) is 0 Å². The van der Waals surface area contributed by atoms with Crippen LogP contribution in [-0.2, 0) is 0 Å². The van der Waals surface area contributed by atoms with Crippen LogP contribution in [0.15, 0.2) is 18.2 Å². The Morgan fingerprint density at radius 3 is 2.68 bits per heavy atom. The van der Waals surface area contributed by atoms with Crippen LogP contribution in [0.25, 0.3) is 0 Å². The highest BCUT2D eigenvalue weighted by atomic mass is 127. The van der Waals surface area contributed by atoms with Gasteiger partial charge in [-0.05, 0) is 53.6 Å². The lowest BCUT2D eigenvalue weighted by Gasteiger charge is -2.26. The molecule has 0 saturated heterocycles. The zero-order chi connectivity index (χ0) is 13.9. The van der Waals surface area contributed by atoms with Crippen molar-refractivity contribution >= 4 is 40.1 Å². The number of hydrogen-bond donors (Lipinski definition) is 2. The van der Waals surface area contributed by atoms with E-state index in [0.717, 1.165) is 16.4 Å². The molecule has 1 aromatic rings. The summed E-state index contributed by atoms with van der Waals surface area (Å²) in [6, 6.07) is 4.95. The van der Waals surface area contributed by atoms with E-state index in [4.69, 9.17) is 11.6 Å². The van der Waals surface area contributed by atoms with E-state index in [2.05, 4.69) is 5.32 Å². The van der Waals surface area contributed by atoms with Crippen LogP contribution in [-0.4, -0.2) is 23.4 Å². The van der Waals surface area contributed by atoms with Crippen molar-refractivity contribution < 1.29 is 9.90 Å². The fourth-order valence-corrected chi connectivity index (χ4v) is 3.20. The largest absolute Gasteiger partial charge is 0.507 e. The molecule has 0 atom stereocenters. The Bertz CT molecular complexity index is 473. The molecule has 0 radical (unpaired) electrons. The number of carbonyl (C=O) groups is 1. The van der Waals surface area contributed by atoms with Crippen molar-refractivity contribution in [3.8, 4) is 5.75 Å². The van der Waals surface area contributed by atoms with Gasteiger partial charge >= 0.3 is 0 Å². The highest BCUT2D eigenvalue weighted by Gasteiger charge is 2.33. The molecular weight excluding hydrogens is 377 g/mol. The lowest BCUT2D eigenvalue weighted by atomic mass is 9.88. The van der Waals surface area contributed by atoms with Crippen LogP contribution in [0.2, 0.25) is 0 Å². The third kappa shape index (κ3) is 3.54. The van der Waals surface area contributed by atoms with Crippen molar-refractivity contribution in [3.05, 3.63) is 27.3 Å². The summed E-state index contributed by atoms with van der Waals surface area (Å²) in [5, 5.41) is 12.6. The van der Waals surface area contributed by atoms with Crippen LogP contribution < -0.4 is 5.32 Å². The summed E-state index contributed by atoms with van der Waals surface area (Å²) in [6.07, 6.45) is 4.53. The Morgan fingerprint density at radius 2 is 2.11 bits per heavy atom. The summed E-state index contributed by atoms with van der Waals surface area (Å²) in [7, 11) is 0. The predicted octanol–water partition coefficient (Wildman–Crippen LogP) is 3.53. The summed E-state index contributed by atoms with van der Waals surface area (Å²) in [5.74, 6) is 0.579. The van der Waals surface area contributed by atoms with E-state index < -0.39 is 0 Å². The first-order chi connectivity index (χ1) is 9.06. The fourth-order valence-electron chi connectivity index (χ4n) is 2.51. The number of hydrogen-bond acceptors (Lipinski definition) is 2. The second-order valence-electron chi connectivity index (χ2n) is 5.19. The van der Waals surface area contributed by atoms with E-state index in [-0.39, 0.29) is 17.1 Å². The quantitative estimate of drug-likeness (QED) is 0.607. The fraction of sp³-hybridized carbons (Fsp3) is 0.500. The maximum Gasteiger partial charge on any atom is 0.251 e. The molecule has 1 aliphatic rings. The zero-order valence-electron chi connectivity index (χ0n) is 10.6. The first-order valence-electron chi connectivity index (χ1n) is 6.39. The van der Waals surface area contributed by atoms with E-state index in [0.29, 0.717) is 18.0 Å². The topological polar surface area (TPSA) is 49.3 Å². The summed E-state index contributed by atoms with van der Waals surface area (Å²) in [6.45, 7) is 0.613. The minimum atomic E-state index is -0.150. The van der Waals surface area contributed by atoms with Crippen molar-refractivity contribution in [2.24, 2.45) is 5.41 Å². The number of alkyl halides is 1. The Balaban J connectivity index is 1.99. The van der Waals surface area contributed by atoms with E-state index in [1.54, 1.807) is 12.1 Å². The predicted molar refractivity (Wildman–Crippen MR) is 84.8 cm³/mol. The van der Waals surface area contributed by atoms with E-state index in [1.165, 1.54) is 18.9 Å². The third-order valence-corrected chi connectivity index (χ3v) is 5.26. The minimum absolute atomic E-state index is 0.0580. The second-order valence-corrected chi connectivity index (χ2v) is 6.62. The number of benzene rings is 1. The number of halogens is 2. The molecule has 2 N–H and O–H groups in total. The van der Waals surface area contributed by atoms with Gasteiger partial charge in [-0.15, -0.1) is 11.6 Å². The SMILES string of the molecule is O=C(NCC1(CCl)CCCC1)c1ccc(I)c(O)c1. The number of carbonyl (C=O) groups excluding carboxylic acids is 1. The van der Waals surface area contributed by atoms with Gasteiger partial charge in [-0.1, -0.05) is 12.8 Å². The smallest absolute Gasteiger partial charge is 0.251 e. The summed E-state index contributed by atoms with van der Waals surface area (Å²) in [4.78, 5) is 12.1. The van der Waals surface area contributed by atoms with Crippen LogP contribution in [0.4, 0.5) is 0 Å². The molecule has 1 aromatic carbocycles. The molecule has 0 bridgehead atoms. The van der Waals surface area contributed by atoms with Gasteiger partial charge in [-0.3, -0.25) is 4.79 Å². The molecule has 3 nitrogen and oxygen atoms in total. The second kappa shape index (κ2) is 6.31. The van der Waals surface area contributed by atoms with Gasteiger partial charge in [-0.2, -0.15) is 0 Å². The molecule has 1 fully saturated rings. The molecule has 1 aliphatic carbocycles. The van der Waals surface area contributed by atoms with Crippen molar-refractivity contribution in [2.75, 3.05) is 12.4 Å². The Morgan fingerprint density at radius 1 is 1.42 bits per heavy atom.